The molecule has 5 fully saturated rings. The van der Waals surface area contributed by atoms with Gasteiger partial charge in [-0.3, -0.25) is 9.69 Å². The molecule has 0 aromatic heterocycles. The summed E-state index contributed by atoms with van der Waals surface area (Å²) in [6.07, 6.45) is 9.82. The highest BCUT2D eigenvalue weighted by molar-refractivity contribution is 5.66. The van der Waals surface area contributed by atoms with Crippen molar-refractivity contribution in [1.29, 1.82) is 0 Å². The molecule has 0 amide bonds. The highest BCUT2D eigenvalue weighted by Crippen LogP contribution is 2.61. The molecule has 26 heavy (non-hydrogen) atoms. The van der Waals surface area contributed by atoms with Crippen LogP contribution in [-0.4, -0.2) is 63.0 Å². The molecule has 1 aliphatic heterocycles. The van der Waals surface area contributed by atoms with Crippen molar-refractivity contribution in [2.45, 2.75) is 58.0 Å². The predicted molar refractivity (Wildman–Crippen MR) is 98.9 cm³/mol. The van der Waals surface area contributed by atoms with Gasteiger partial charge in [0.1, 0.15) is 6.10 Å². The van der Waals surface area contributed by atoms with Crippen LogP contribution in [0.1, 0.15) is 51.9 Å². The van der Waals surface area contributed by atoms with Gasteiger partial charge in [0, 0.05) is 33.2 Å². The topological polar surface area (TPSA) is 48.0 Å². The molecular formula is C21H35NO4. The van der Waals surface area contributed by atoms with Crippen LogP contribution in [-0.2, 0) is 19.0 Å². The molecule has 0 spiro atoms. The Hall–Kier alpha value is -0.650. The standard InChI is InChI=1S/C21H35NO4/c1-16(23)26-20(14-22-3-6-24-7-4-22)15-25-5-2-21-11-17-8-18(12-21)10-19(9-17)13-21/h17-20H,2-15H2,1H3/t17?,18?,19?,20-,21?/m1/s1. The van der Waals surface area contributed by atoms with Crippen LogP contribution >= 0.6 is 0 Å². The van der Waals surface area contributed by atoms with Crippen molar-refractivity contribution >= 4 is 5.97 Å². The van der Waals surface area contributed by atoms with Crippen LogP contribution < -0.4 is 0 Å². The summed E-state index contributed by atoms with van der Waals surface area (Å²) in [5.74, 6) is 2.78. The smallest absolute Gasteiger partial charge is 0.303 e. The molecule has 0 unspecified atom stereocenters. The fourth-order valence-electron chi connectivity index (χ4n) is 6.53. The summed E-state index contributed by atoms with van der Waals surface area (Å²) in [7, 11) is 0. The molecule has 1 saturated heterocycles. The average Bonchev–Trinajstić information content (AvgIpc) is 2.58. The zero-order valence-corrected chi connectivity index (χ0v) is 16.3. The molecule has 5 rings (SSSR count). The van der Waals surface area contributed by atoms with Crippen molar-refractivity contribution in [2.75, 3.05) is 46.1 Å². The maximum absolute atomic E-state index is 11.4. The third-order valence-electron chi connectivity index (χ3n) is 7.14. The van der Waals surface area contributed by atoms with Crippen LogP contribution in [0, 0.1) is 23.2 Å². The monoisotopic (exact) mass is 365 g/mol. The molecule has 5 aliphatic rings. The summed E-state index contributed by atoms with van der Waals surface area (Å²) >= 11 is 0. The van der Waals surface area contributed by atoms with Gasteiger partial charge in [-0.25, -0.2) is 0 Å². The van der Waals surface area contributed by atoms with E-state index in [0.29, 0.717) is 12.0 Å². The zero-order chi connectivity index (χ0) is 18.0. The molecule has 4 saturated carbocycles. The molecule has 4 aliphatic carbocycles. The lowest BCUT2D eigenvalue weighted by molar-refractivity contribution is -0.151. The SMILES string of the molecule is CC(=O)O[C@@H](COCCC12CC3CC(CC(C3)C1)C2)CN1CCOCC1. The minimum atomic E-state index is -0.215. The van der Waals surface area contributed by atoms with Gasteiger partial charge in [-0.05, 0) is 68.1 Å². The van der Waals surface area contributed by atoms with Gasteiger partial charge in [-0.15, -0.1) is 0 Å². The summed E-state index contributed by atoms with van der Waals surface area (Å²) in [5.41, 5.74) is 0.565. The largest absolute Gasteiger partial charge is 0.459 e. The van der Waals surface area contributed by atoms with Crippen molar-refractivity contribution in [3.05, 3.63) is 0 Å². The molecular weight excluding hydrogens is 330 g/mol. The Morgan fingerprint density at radius 3 is 2.31 bits per heavy atom. The maximum Gasteiger partial charge on any atom is 0.303 e. The van der Waals surface area contributed by atoms with Gasteiger partial charge in [0.15, 0.2) is 0 Å². The Morgan fingerprint density at radius 1 is 1.12 bits per heavy atom. The third-order valence-corrected chi connectivity index (χ3v) is 7.14. The first kappa shape index (κ1) is 18.7. The van der Waals surface area contributed by atoms with Crippen LogP contribution in [0.5, 0.6) is 0 Å². The number of carbonyl (C=O) groups is 1. The lowest BCUT2D eigenvalue weighted by Crippen LogP contribution is -2.46. The summed E-state index contributed by atoms with van der Waals surface area (Å²) in [6, 6.07) is 0. The van der Waals surface area contributed by atoms with Gasteiger partial charge in [-0.2, -0.15) is 0 Å². The summed E-state index contributed by atoms with van der Waals surface area (Å²) in [4.78, 5) is 13.7. The van der Waals surface area contributed by atoms with E-state index in [2.05, 4.69) is 4.90 Å². The van der Waals surface area contributed by atoms with E-state index < -0.39 is 0 Å². The van der Waals surface area contributed by atoms with Crippen LogP contribution in [0.2, 0.25) is 0 Å². The fourth-order valence-corrected chi connectivity index (χ4v) is 6.53. The van der Waals surface area contributed by atoms with E-state index in [9.17, 15) is 4.79 Å². The zero-order valence-electron chi connectivity index (χ0n) is 16.3. The Labute approximate surface area is 157 Å². The van der Waals surface area contributed by atoms with Crippen molar-refractivity contribution in [3.63, 3.8) is 0 Å². The molecule has 5 nitrogen and oxygen atoms in total. The fraction of sp³-hybridized carbons (Fsp3) is 0.952. The number of rotatable bonds is 8. The first-order chi connectivity index (χ1) is 12.6. The van der Waals surface area contributed by atoms with Crippen molar-refractivity contribution in [1.82, 2.24) is 4.90 Å². The van der Waals surface area contributed by atoms with Crippen molar-refractivity contribution < 1.29 is 19.0 Å². The van der Waals surface area contributed by atoms with Crippen molar-refractivity contribution in [3.8, 4) is 0 Å². The number of morpholine rings is 1. The Bertz CT molecular complexity index is 453. The van der Waals surface area contributed by atoms with Gasteiger partial charge in [0.2, 0.25) is 0 Å². The first-order valence-corrected chi connectivity index (χ1v) is 10.7. The van der Waals surface area contributed by atoms with Crippen LogP contribution in [0.4, 0.5) is 0 Å². The highest BCUT2D eigenvalue weighted by atomic mass is 16.6. The van der Waals surface area contributed by atoms with Crippen LogP contribution in [0.15, 0.2) is 0 Å². The quantitative estimate of drug-likeness (QED) is 0.489. The van der Waals surface area contributed by atoms with E-state index in [1.165, 1.54) is 51.9 Å². The van der Waals surface area contributed by atoms with Gasteiger partial charge >= 0.3 is 5.97 Å². The number of hydrogen-bond donors (Lipinski definition) is 0. The van der Waals surface area contributed by atoms with Crippen LogP contribution in [0.3, 0.4) is 0 Å². The minimum absolute atomic E-state index is 0.165. The molecule has 5 heteroatoms. The van der Waals surface area contributed by atoms with E-state index in [4.69, 9.17) is 14.2 Å². The van der Waals surface area contributed by atoms with Crippen LogP contribution in [0.25, 0.3) is 0 Å². The molecule has 0 radical (unpaired) electrons. The number of carbonyl (C=O) groups excluding carboxylic acids is 1. The van der Waals surface area contributed by atoms with Gasteiger partial charge in [-0.1, -0.05) is 0 Å². The van der Waals surface area contributed by atoms with E-state index in [0.717, 1.165) is 57.2 Å². The second-order valence-electron chi connectivity index (χ2n) is 9.39. The summed E-state index contributed by atoms with van der Waals surface area (Å²) < 4.78 is 16.9. The Kier molecular flexibility index (Phi) is 5.87. The summed E-state index contributed by atoms with van der Waals surface area (Å²) in [5, 5.41) is 0. The second-order valence-corrected chi connectivity index (χ2v) is 9.39. The first-order valence-electron chi connectivity index (χ1n) is 10.7. The summed E-state index contributed by atoms with van der Waals surface area (Å²) in [6.45, 7) is 6.91. The van der Waals surface area contributed by atoms with Gasteiger partial charge in [0.05, 0.1) is 19.8 Å². The number of esters is 1. The Balaban J connectivity index is 1.22. The molecule has 0 aromatic carbocycles. The molecule has 4 bridgehead atoms. The lowest BCUT2D eigenvalue weighted by atomic mass is 9.49. The van der Waals surface area contributed by atoms with Gasteiger partial charge < -0.3 is 14.2 Å². The molecule has 1 heterocycles. The lowest BCUT2D eigenvalue weighted by Gasteiger charge is -2.57. The van der Waals surface area contributed by atoms with E-state index in [-0.39, 0.29) is 12.1 Å². The second kappa shape index (κ2) is 8.15. The average molecular weight is 366 g/mol. The molecule has 148 valence electrons. The number of ether oxygens (including phenoxy) is 3. The number of hydrogen-bond acceptors (Lipinski definition) is 5. The minimum Gasteiger partial charge on any atom is -0.459 e. The highest BCUT2D eigenvalue weighted by Gasteiger charge is 2.50. The maximum atomic E-state index is 11.4. The number of nitrogens with zero attached hydrogens (tertiary/aromatic N) is 1. The molecule has 1 atom stereocenters. The normalized spacial score (nSPS) is 37.7. The molecule has 0 N–H and O–H groups in total. The Morgan fingerprint density at radius 2 is 1.73 bits per heavy atom. The van der Waals surface area contributed by atoms with E-state index in [1.807, 2.05) is 0 Å². The van der Waals surface area contributed by atoms with E-state index in [1.54, 1.807) is 0 Å². The van der Waals surface area contributed by atoms with E-state index >= 15 is 0 Å². The van der Waals surface area contributed by atoms with Gasteiger partial charge in [0.25, 0.3) is 0 Å². The third kappa shape index (κ3) is 4.60. The molecule has 0 aromatic rings. The van der Waals surface area contributed by atoms with Crippen molar-refractivity contribution in [2.24, 2.45) is 23.2 Å². The predicted octanol–water partition coefficient (Wildman–Crippen LogP) is 2.87.